The lowest BCUT2D eigenvalue weighted by Crippen LogP contribution is -2.13. The summed E-state index contributed by atoms with van der Waals surface area (Å²) in [4.78, 5) is 12.7. The number of anilines is 1. The number of amides is 1. The summed E-state index contributed by atoms with van der Waals surface area (Å²) < 4.78 is 2.10. The van der Waals surface area contributed by atoms with Crippen LogP contribution < -0.4 is 5.32 Å². The standard InChI is InChI=1S/C28H21Cl2N3O/c1-18-15-22(16-23(17-31)28(34)32-26-10-6-9-25(29)27(26)30)19(2)33(18)24-13-11-21(12-14-24)20-7-4-3-5-8-20/h3-16H,1-2H3,(H,32,34)/b23-16+. The van der Waals surface area contributed by atoms with E-state index in [0.717, 1.165) is 33.8 Å². The SMILES string of the molecule is Cc1cc(/C=C(\C#N)C(=O)Nc2cccc(Cl)c2Cl)c(C)n1-c1ccc(-c2ccccc2)cc1. The minimum Gasteiger partial charge on any atom is -0.320 e. The van der Waals surface area contributed by atoms with Crippen LogP contribution in [0.4, 0.5) is 5.69 Å². The summed E-state index contributed by atoms with van der Waals surface area (Å²) in [5.41, 5.74) is 6.31. The average Bonchev–Trinajstić information content (AvgIpc) is 3.13. The number of carbonyl (C=O) groups is 1. The first-order chi connectivity index (χ1) is 16.4. The highest BCUT2D eigenvalue weighted by Crippen LogP contribution is 2.30. The maximum absolute atomic E-state index is 12.7. The number of hydrogen-bond acceptors (Lipinski definition) is 2. The van der Waals surface area contributed by atoms with Crippen molar-refractivity contribution in [2.75, 3.05) is 5.32 Å². The molecule has 0 aliphatic heterocycles. The lowest BCUT2D eigenvalue weighted by atomic mass is 10.1. The van der Waals surface area contributed by atoms with Crippen molar-refractivity contribution in [3.63, 3.8) is 0 Å². The molecule has 1 heterocycles. The van der Waals surface area contributed by atoms with E-state index in [0.29, 0.717) is 10.7 Å². The van der Waals surface area contributed by atoms with Crippen LogP contribution in [0, 0.1) is 25.2 Å². The summed E-state index contributed by atoms with van der Waals surface area (Å²) in [6.45, 7) is 3.96. The van der Waals surface area contributed by atoms with Crippen molar-refractivity contribution in [1.29, 1.82) is 5.26 Å². The van der Waals surface area contributed by atoms with Gasteiger partial charge in [-0.25, -0.2) is 0 Å². The van der Waals surface area contributed by atoms with Crippen molar-refractivity contribution in [1.82, 2.24) is 4.57 Å². The Morgan fingerprint density at radius 3 is 2.29 bits per heavy atom. The molecule has 0 atom stereocenters. The molecule has 0 saturated heterocycles. The van der Waals surface area contributed by atoms with Crippen LogP contribution in [0.25, 0.3) is 22.9 Å². The highest BCUT2D eigenvalue weighted by atomic mass is 35.5. The Hall–Kier alpha value is -3.78. The number of halogens is 2. The second kappa shape index (κ2) is 10.0. The van der Waals surface area contributed by atoms with Gasteiger partial charge in [0, 0.05) is 17.1 Å². The predicted octanol–water partition coefficient (Wildman–Crippen LogP) is 7.61. The van der Waals surface area contributed by atoms with Crippen LogP contribution in [0.3, 0.4) is 0 Å². The minimum atomic E-state index is -0.552. The van der Waals surface area contributed by atoms with Crippen LogP contribution in [-0.4, -0.2) is 10.5 Å². The smallest absolute Gasteiger partial charge is 0.266 e. The summed E-state index contributed by atoms with van der Waals surface area (Å²) in [5.74, 6) is -0.552. The molecule has 0 saturated carbocycles. The number of aryl methyl sites for hydroxylation is 1. The molecule has 0 spiro atoms. The molecular weight excluding hydrogens is 465 g/mol. The summed E-state index contributed by atoms with van der Waals surface area (Å²) in [6.07, 6.45) is 1.59. The monoisotopic (exact) mass is 485 g/mol. The lowest BCUT2D eigenvalue weighted by molar-refractivity contribution is -0.112. The van der Waals surface area contributed by atoms with Crippen molar-refractivity contribution in [2.45, 2.75) is 13.8 Å². The van der Waals surface area contributed by atoms with E-state index >= 15 is 0 Å². The Bertz CT molecular complexity index is 1430. The van der Waals surface area contributed by atoms with Crippen LogP contribution in [-0.2, 0) is 4.79 Å². The fourth-order valence-electron chi connectivity index (χ4n) is 3.86. The zero-order valence-corrected chi connectivity index (χ0v) is 20.2. The number of rotatable bonds is 5. The third kappa shape index (κ3) is 4.77. The van der Waals surface area contributed by atoms with E-state index in [-0.39, 0.29) is 10.6 Å². The van der Waals surface area contributed by atoms with Gasteiger partial charge in [0.1, 0.15) is 11.6 Å². The van der Waals surface area contributed by atoms with Gasteiger partial charge in [0.15, 0.2) is 0 Å². The Morgan fingerprint density at radius 1 is 0.941 bits per heavy atom. The molecule has 0 aliphatic rings. The van der Waals surface area contributed by atoms with Crippen LogP contribution in [0.2, 0.25) is 10.0 Å². The van der Waals surface area contributed by atoms with E-state index in [2.05, 4.69) is 46.3 Å². The molecule has 168 valence electrons. The average molecular weight is 486 g/mol. The first-order valence-corrected chi connectivity index (χ1v) is 11.4. The van der Waals surface area contributed by atoms with Crippen LogP contribution in [0.1, 0.15) is 17.0 Å². The van der Waals surface area contributed by atoms with Crippen LogP contribution >= 0.6 is 23.2 Å². The maximum Gasteiger partial charge on any atom is 0.266 e. The Morgan fingerprint density at radius 2 is 1.62 bits per heavy atom. The molecule has 4 aromatic rings. The third-order valence-corrected chi connectivity index (χ3v) is 6.39. The first-order valence-electron chi connectivity index (χ1n) is 10.6. The molecule has 1 N–H and O–H groups in total. The molecular formula is C28H21Cl2N3O. The van der Waals surface area contributed by atoms with Gasteiger partial charge < -0.3 is 9.88 Å². The number of benzene rings is 3. The Balaban J connectivity index is 1.63. The molecule has 0 radical (unpaired) electrons. The number of aromatic nitrogens is 1. The van der Waals surface area contributed by atoms with Gasteiger partial charge in [-0.05, 0) is 66.9 Å². The van der Waals surface area contributed by atoms with Gasteiger partial charge in [0.25, 0.3) is 5.91 Å². The van der Waals surface area contributed by atoms with Crippen LogP contribution in [0.15, 0.2) is 84.4 Å². The first kappa shape index (κ1) is 23.4. The van der Waals surface area contributed by atoms with E-state index in [4.69, 9.17) is 23.2 Å². The molecule has 34 heavy (non-hydrogen) atoms. The highest BCUT2D eigenvalue weighted by molar-refractivity contribution is 6.44. The summed E-state index contributed by atoms with van der Waals surface area (Å²) in [7, 11) is 0. The maximum atomic E-state index is 12.7. The Labute approximate surface area is 208 Å². The van der Waals surface area contributed by atoms with E-state index in [9.17, 15) is 10.1 Å². The molecule has 4 rings (SSSR count). The van der Waals surface area contributed by atoms with E-state index in [1.807, 2.05) is 44.2 Å². The largest absolute Gasteiger partial charge is 0.320 e. The lowest BCUT2D eigenvalue weighted by Gasteiger charge is -2.11. The predicted molar refractivity (Wildman–Crippen MR) is 139 cm³/mol. The molecule has 1 aromatic heterocycles. The quantitative estimate of drug-likeness (QED) is 0.233. The van der Waals surface area contributed by atoms with Gasteiger partial charge in [0.05, 0.1) is 15.7 Å². The number of carbonyl (C=O) groups excluding carboxylic acids is 1. The van der Waals surface area contributed by atoms with Crippen LogP contribution in [0.5, 0.6) is 0 Å². The molecule has 0 fully saturated rings. The van der Waals surface area contributed by atoms with Crippen molar-refractivity contribution in [2.24, 2.45) is 0 Å². The molecule has 4 nitrogen and oxygen atoms in total. The summed E-state index contributed by atoms with van der Waals surface area (Å²) in [5, 5.41) is 12.9. The van der Waals surface area contributed by atoms with Gasteiger partial charge in [-0.3, -0.25) is 4.79 Å². The molecule has 6 heteroatoms. The fraction of sp³-hybridized carbons (Fsp3) is 0.0714. The second-order valence-corrected chi connectivity index (χ2v) is 8.59. The number of nitriles is 1. The minimum absolute atomic E-state index is 0.0317. The highest BCUT2D eigenvalue weighted by Gasteiger charge is 2.15. The van der Waals surface area contributed by atoms with Crippen molar-refractivity contribution >= 4 is 40.9 Å². The molecule has 0 unspecified atom stereocenters. The van der Waals surface area contributed by atoms with Gasteiger partial charge in [0.2, 0.25) is 0 Å². The van der Waals surface area contributed by atoms with E-state index < -0.39 is 5.91 Å². The molecule has 3 aromatic carbocycles. The summed E-state index contributed by atoms with van der Waals surface area (Å²) in [6, 6.07) is 27.4. The topological polar surface area (TPSA) is 57.8 Å². The second-order valence-electron chi connectivity index (χ2n) is 7.80. The normalized spacial score (nSPS) is 11.2. The Kier molecular flexibility index (Phi) is 6.88. The number of nitrogens with zero attached hydrogens (tertiary/aromatic N) is 2. The van der Waals surface area contributed by atoms with Gasteiger partial charge in [-0.15, -0.1) is 0 Å². The third-order valence-electron chi connectivity index (χ3n) is 5.57. The van der Waals surface area contributed by atoms with Crippen molar-refractivity contribution < 1.29 is 4.79 Å². The van der Waals surface area contributed by atoms with Gasteiger partial charge >= 0.3 is 0 Å². The molecule has 1 amide bonds. The number of nitrogens with one attached hydrogen (secondary N) is 1. The van der Waals surface area contributed by atoms with E-state index in [1.54, 1.807) is 24.3 Å². The summed E-state index contributed by atoms with van der Waals surface area (Å²) >= 11 is 12.2. The van der Waals surface area contributed by atoms with Crippen molar-refractivity contribution in [3.05, 3.63) is 111 Å². The molecule has 0 bridgehead atoms. The zero-order chi connectivity index (χ0) is 24.2. The van der Waals surface area contributed by atoms with E-state index in [1.165, 1.54) is 0 Å². The number of hydrogen-bond donors (Lipinski definition) is 1. The van der Waals surface area contributed by atoms with Gasteiger partial charge in [-0.2, -0.15) is 5.26 Å². The molecule has 0 aliphatic carbocycles. The zero-order valence-electron chi connectivity index (χ0n) is 18.6. The van der Waals surface area contributed by atoms with Gasteiger partial charge in [-0.1, -0.05) is 71.7 Å². The fourth-order valence-corrected chi connectivity index (χ4v) is 4.21. The van der Waals surface area contributed by atoms with Crippen molar-refractivity contribution in [3.8, 4) is 22.9 Å².